The molecule has 0 radical (unpaired) electrons. The average molecular weight is 311 g/mol. The molecule has 1 aromatic rings. The van der Waals surface area contributed by atoms with Crippen LogP contribution in [0.2, 0.25) is 0 Å². The molecule has 5 nitrogen and oxygen atoms in total. The van der Waals surface area contributed by atoms with Gasteiger partial charge in [0.25, 0.3) is 5.91 Å². The molecule has 1 fully saturated rings. The van der Waals surface area contributed by atoms with Crippen molar-refractivity contribution in [3.05, 3.63) is 29.8 Å². The van der Waals surface area contributed by atoms with Crippen LogP contribution in [0.4, 0.5) is 0 Å². The monoisotopic (exact) mass is 310 g/mol. The molecule has 0 atom stereocenters. The number of amides is 2. The smallest absolute Gasteiger partial charge is 0.253 e. The number of methoxy groups -OCH3 is 1. The number of ether oxygens (including phenoxy) is 1. The summed E-state index contributed by atoms with van der Waals surface area (Å²) in [5, 5.41) is 0. The number of hydrogen-bond donors (Lipinski definition) is 0. The van der Waals surface area contributed by atoms with Gasteiger partial charge in [-0.1, -0.05) is 0 Å². The standard InChI is InChI=1S/C15H19ClN2O3/c1-21-13-4-2-12(3-5-13)15(20)18-10-8-17(9-11-18)14(19)6-7-16/h2-5H,6-11H2,1H3. The molecule has 0 spiro atoms. The van der Waals surface area contributed by atoms with Crippen LogP contribution in [0.5, 0.6) is 5.75 Å². The van der Waals surface area contributed by atoms with Gasteiger partial charge in [0.15, 0.2) is 0 Å². The van der Waals surface area contributed by atoms with E-state index < -0.39 is 0 Å². The summed E-state index contributed by atoms with van der Waals surface area (Å²) in [7, 11) is 1.59. The molecule has 0 aromatic heterocycles. The lowest BCUT2D eigenvalue weighted by Gasteiger charge is -2.34. The molecule has 1 heterocycles. The average Bonchev–Trinajstić information content (AvgIpc) is 2.54. The number of benzene rings is 1. The third-order valence-corrected chi connectivity index (χ3v) is 3.75. The Morgan fingerprint density at radius 1 is 1.10 bits per heavy atom. The van der Waals surface area contributed by atoms with Crippen LogP contribution in [-0.4, -0.2) is 60.8 Å². The van der Waals surface area contributed by atoms with Gasteiger partial charge in [-0.15, -0.1) is 11.6 Å². The minimum Gasteiger partial charge on any atom is -0.497 e. The number of rotatable bonds is 4. The molecule has 21 heavy (non-hydrogen) atoms. The summed E-state index contributed by atoms with van der Waals surface area (Å²) in [5.74, 6) is 1.11. The van der Waals surface area contributed by atoms with Gasteiger partial charge in [0.05, 0.1) is 7.11 Å². The van der Waals surface area contributed by atoms with Gasteiger partial charge in [0.2, 0.25) is 5.91 Å². The maximum atomic E-state index is 12.4. The summed E-state index contributed by atoms with van der Waals surface area (Å²) in [5.41, 5.74) is 0.635. The lowest BCUT2D eigenvalue weighted by atomic mass is 10.1. The molecule has 0 unspecified atom stereocenters. The SMILES string of the molecule is COc1ccc(C(=O)N2CCN(C(=O)CCCl)CC2)cc1. The molecule has 1 saturated heterocycles. The largest absolute Gasteiger partial charge is 0.497 e. The van der Waals surface area contributed by atoms with Crippen LogP contribution in [0.3, 0.4) is 0 Å². The van der Waals surface area contributed by atoms with Crippen LogP contribution in [0.1, 0.15) is 16.8 Å². The molecule has 0 N–H and O–H groups in total. The van der Waals surface area contributed by atoms with Crippen molar-refractivity contribution in [1.29, 1.82) is 0 Å². The molecular weight excluding hydrogens is 292 g/mol. The highest BCUT2D eigenvalue weighted by Gasteiger charge is 2.24. The van der Waals surface area contributed by atoms with Crippen LogP contribution in [0.15, 0.2) is 24.3 Å². The number of hydrogen-bond acceptors (Lipinski definition) is 3. The summed E-state index contributed by atoms with van der Waals surface area (Å²) < 4.78 is 5.08. The van der Waals surface area contributed by atoms with E-state index in [4.69, 9.17) is 16.3 Å². The highest BCUT2D eigenvalue weighted by atomic mass is 35.5. The lowest BCUT2D eigenvalue weighted by Crippen LogP contribution is -2.50. The van der Waals surface area contributed by atoms with E-state index in [0.717, 1.165) is 5.75 Å². The molecule has 1 aliphatic rings. The molecule has 0 aliphatic carbocycles. The Balaban J connectivity index is 1.92. The zero-order valence-corrected chi connectivity index (χ0v) is 12.8. The van der Waals surface area contributed by atoms with Crippen LogP contribution >= 0.6 is 11.6 Å². The number of carbonyl (C=O) groups excluding carboxylic acids is 2. The van der Waals surface area contributed by atoms with Crippen molar-refractivity contribution in [2.75, 3.05) is 39.2 Å². The second-order valence-corrected chi connectivity index (χ2v) is 5.22. The topological polar surface area (TPSA) is 49.9 Å². The Bertz CT molecular complexity index is 496. The van der Waals surface area contributed by atoms with Gasteiger partial charge in [-0.25, -0.2) is 0 Å². The van der Waals surface area contributed by atoms with Crippen molar-refractivity contribution in [1.82, 2.24) is 9.80 Å². The Hall–Kier alpha value is -1.75. The first-order valence-corrected chi connectivity index (χ1v) is 7.46. The summed E-state index contributed by atoms with van der Waals surface area (Å²) in [6.07, 6.45) is 0.355. The zero-order valence-electron chi connectivity index (χ0n) is 12.0. The fourth-order valence-electron chi connectivity index (χ4n) is 2.31. The van der Waals surface area contributed by atoms with E-state index in [9.17, 15) is 9.59 Å². The first-order valence-electron chi connectivity index (χ1n) is 6.92. The van der Waals surface area contributed by atoms with E-state index >= 15 is 0 Å². The number of alkyl halides is 1. The van der Waals surface area contributed by atoms with Crippen molar-refractivity contribution < 1.29 is 14.3 Å². The molecule has 0 saturated carbocycles. The third-order valence-electron chi connectivity index (χ3n) is 3.56. The molecule has 0 bridgehead atoms. The number of carbonyl (C=O) groups is 2. The fraction of sp³-hybridized carbons (Fsp3) is 0.467. The first kappa shape index (κ1) is 15.6. The number of nitrogens with zero attached hydrogens (tertiary/aromatic N) is 2. The summed E-state index contributed by atoms with van der Waals surface area (Å²) >= 11 is 5.58. The van der Waals surface area contributed by atoms with Gasteiger partial charge < -0.3 is 14.5 Å². The summed E-state index contributed by atoms with van der Waals surface area (Å²) in [6, 6.07) is 7.05. The van der Waals surface area contributed by atoms with Gasteiger partial charge in [-0.2, -0.15) is 0 Å². The van der Waals surface area contributed by atoms with Gasteiger partial charge in [0.1, 0.15) is 5.75 Å². The van der Waals surface area contributed by atoms with Crippen molar-refractivity contribution in [3.63, 3.8) is 0 Å². The Morgan fingerprint density at radius 3 is 2.19 bits per heavy atom. The van der Waals surface area contributed by atoms with Crippen LogP contribution < -0.4 is 4.74 Å². The van der Waals surface area contributed by atoms with Crippen molar-refractivity contribution >= 4 is 23.4 Å². The molecule has 1 aromatic carbocycles. The van der Waals surface area contributed by atoms with E-state index in [1.165, 1.54) is 0 Å². The van der Waals surface area contributed by atoms with Gasteiger partial charge in [-0.05, 0) is 24.3 Å². The number of halogens is 1. The molecule has 1 aliphatic heterocycles. The fourth-order valence-corrected chi connectivity index (χ4v) is 2.48. The minimum absolute atomic E-state index is 0.0119. The van der Waals surface area contributed by atoms with E-state index in [-0.39, 0.29) is 11.8 Å². The Kier molecular flexibility index (Phi) is 5.44. The van der Waals surface area contributed by atoms with E-state index in [0.29, 0.717) is 44.0 Å². The normalized spacial score (nSPS) is 15.0. The second kappa shape index (κ2) is 7.31. The predicted molar refractivity (Wildman–Crippen MR) is 80.8 cm³/mol. The van der Waals surface area contributed by atoms with Gasteiger partial charge in [0, 0.05) is 44.0 Å². The van der Waals surface area contributed by atoms with Crippen LogP contribution in [0, 0.1) is 0 Å². The Labute approximate surface area is 129 Å². The molecule has 114 valence electrons. The highest BCUT2D eigenvalue weighted by molar-refractivity contribution is 6.18. The van der Waals surface area contributed by atoms with E-state index in [2.05, 4.69) is 0 Å². The number of piperazine rings is 1. The van der Waals surface area contributed by atoms with Gasteiger partial charge >= 0.3 is 0 Å². The third kappa shape index (κ3) is 3.88. The van der Waals surface area contributed by atoms with Crippen molar-refractivity contribution in [2.45, 2.75) is 6.42 Å². The maximum absolute atomic E-state index is 12.4. The quantitative estimate of drug-likeness (QED) is 0.794. The highest BCUT2D eigenvalue weighted by Crippen LogP contribution is 2.14. The van der Waals surface area contributed by atoms with Crippen LogP contribution in [-0.2, 0) is 4.79 Å². The first-order chi connectivity index (χ1) is 10.2. The lowest BCUT2D eigenvalue weighted by molar-refractivity contribution is -0.132. The van der Waals surface area contributed by atoms with Crippen molar-refractivity contribution in [3.8, 4) is 5.75 Å². The van der Waals surface area contributed by atoms with E-state index in [1.807, 2.05) is 0 Å². The molecule has 6 heteroatoms. The van der Waals surface area contributed by atoms with Crippen molar-refractivity contribution in [2.24, 2.45) is 0 Å². The maximum Gasteiger partial charge on any atom is 0.253 e. The second-order valence-electron chi connectivity index (χ2n) is 4.84. The summed E-state index contributed by atoms with van der Waals surface area (Å²) in [6.45, 7) is 2.24. The summed E-state index contributed by atoms with van der Waals surface area (Å²) in [4.78, 5) is 27.6. The predicted octanol–water partition coefficient (Wildman–Crippen LogP) is 1.61. The van der Waals surface area contributed by atoms with E-state index in [1.54, 1.807) is 41.2 Å². The minimum atomic E-state index is -0.0119. The molecule has 2 rings (SSSR count). The zero-order chi connectivity index (χ0) is 15.2. The molecule has 2 amide bonds. The van der Waals surface area contributed by atoms with Crippen LogP contribution in [0.25, 0.3) is 0 Å². The van der Waals surface area contributed by atoms with Gasteiger partial charge in [-0.3, -0.25) is 9.59 Å². The molecular formula is C15H19ClN2O3. The Morgan fingerprint density at radius 2 is 1.67 bits per heavy atom.